The van der Waals surface area contributed by atoms with Crippen molar-refractivity contribution in [2.75, 3.05) is 5.32 Å². The van der Waals surface area contributed by atoms with Gasteiger partial charge in [0.2, 0.25) is 5.95 Å². The van der Waals surface area contributed by atoms with Crippen molar-refractivity contribution in [1.29, 1.82) is 0 Å². The zero-order valence-corrected chi connectivity index (χ0v) is 13.7. The lowest BCUT2D eigenvalue weighted by atomic mass is 10.2. The zero-order valence-electron chi connectivity index (χ0n) is 13.7. The van der Waals surface area contributed by atoms with Crippen LogP contribution in [-0.2, 0) is 13.1 Å². The van der Waals surface area contributed by atoms with E-state index in [0.29, 0.717) is 17.1 Å². The van der Waals surface area contributed by atoms with Gasteiger partial charge in [0.15, 0.2) is 0 Å². The Morgan fingerprint density at radius 1 is 0.923 bits per heavy atom. The number of amides is 1. The van der Waals surface area contributed by atoms with Crippen molar-refractivity contribution in [3.05, 3.63) is 89.2 Å². The van der Waals surface area contributed by atoms with E-state index in [2.05, 4.69) is 20.6 Å². The number of hydrogen-bond donors (Lipinski definition) is 2. The largest absolute Gasteiger partial charge is 0.350 e. The Labute approximate surface area is 149 Å². The van der Waals surface area contributed by atoms with Crippen molar-refractivity contribution in [2.24, 2.45) is 0 Å². The Bertz CT molecular complexity index is 883. The molecule has 3 rings (SSSR count). The lowest BCUT2D eigenvalue weighted by Gasteiger charge is -2.07. The molecule has 1 amide bonds. The standard InChI is InChI=1S/C19H16F2N4O/c20-16-7-5-13(6-8-16)9-22-18(26)15-11-24-19(25-12-15)23-10-14-3-1-2-4-17(14)21/h1-8,11-12H,9-10H2,(H,22,26)(H,23,24,25). The lowest BCUT2D eigenvalue weighted by molar-refractivity contribution is 0.0950. The third-order valence-electron chi connectivity index (χ3n) is 3.68. The number of hydrogen-bond acceptors (Lipinski definition) is 4. The van der Waals surface area contributed by atoms with Crippen LogP contribution in [0, 0.1) is 11.6 Å². The molecule has 0 aliphatic heterocycles. The van der Waals surface area contributed by atoms with Crippen LogP contribution in [0.5, 0.6) is 0 Å². The first-order valence-electron chi connectivity index (χ1n) is 7.94. The molecule has 0 saturated heterocycles. The molecule has 0 fully saturated rings. The van der Waals surface area contributed by atoms with Crippen LogP contribution in [0.1, 0.15) is 21.5 Å². The van der Waals surface area contributed by atoms with E-state index in [1.807, 2.05) is 0 Å². The summed E-state index contributed by atoms with van der Waals surface area (Å²) in [5.41, 5.74) is 1.57. The average Bonchev–Trinajstić information content (AvgIpc) is 2.67. The van der Waals surface area contributed by atoms with E-state index in [1.165, 1.54) is 30.6 Å². The first-order valence-corrected chi connectivity index (χ1v) is 7.94. The van der Waals surface area contributed by atoms with Gasteiger partial charge in [-0.1, -0.05) is 30.3 Å². The fourth-order valence-corrected chi connectivity index (χ4v) is 2.24. The number of benzene rings is 2. The van der Waals surface area contributed by atoms with E-state index in [1.54, 1.807) is 30.3 Å². The Kier molecular flexibility index (Phi) is 5.48. The molecule has 0 aliphatic carbocycles. The minimum absolute atomic E-state index is 0.239. The summed E-state index contributed by atoms with van der Waals surface area (Å²) in [4.78, 5) is 20.2. The SMILES string of the molecule is O=C(NCc1ccc(F)cc1)c1cnc(NCc2ccccc2F)nc1. The summed E-state index contributed by atoms with van der Waals surface area (Å²) in [6.07, 6.45) is 2.77. The van der Waals surface area contributed by atoms with Crippen molar-refractivity contribution in [3.8, 4) is 0 Å². The van der Waals surface area contributed by atoms with Gasteiger partial charge < -0.3 is 10.6 Å². The summed E-state index contributed by atoms with van der Waals surface area (Å²) in [6.45, 7) is 0.509. The summed E-state index contributed by atoms with van der Waals surface area (Å²) >= 11 is 0. The van der Waals surface area contributed by atoms with Gasteiger partial charge in [0.05, 0.1) is 5.56 Å². The highest BCUT2D eigenvalue weighted by atomic mass is 19.1. The molecular weight excluding hydrogens is 338 g/mol. The van der Waals surface area contributed by atoms with Gasteiger partial charge in [0.25, 0.3) is 5.91 Å². The van der Waals surface area contributed by atoms with Gasteiger partial charge in [-0.25, -0.2) is 18.7 Å². The van der Waals surface area contributed by atoms with E-state index >= 15 is 0 Å². The Morgan fingerprint density at radius 3 is 2.31 bits per heavy atom. The fourth-order valence-electron chi connectivity index (χ4n) is 2.24. The topological polar surface area (TPSA) is 66.9 Å². The average molecular weight is 354 g/mol. The van der Waals surface area contributed by atoms with E-state index < -0.39 is 0 Å². The van der Waals surface area contributed by atoms with E-state index in [-0.39, 0.29) is 30.6 Å². The molecule has 0 unspecified atom stereocenters. The second-order valence-corrected chi connectivity index (χ2v) is 5.55. The summed E-state index contributed by atoms with van der Waals surface area (Å²) < 4.78 is 26.4. The van der Waals surface area contributed by atoms with Crippen LogP contribution in [0.3, 0.4) is 0 Å². The maximum absolute atomic E-state index is 13.6. The van der Waals surface area contributed by atoms with Crippen molar-refractivity contribution in [2.45, 2.75) is 13.1 Å². The number of nitrogens with one attached hydrogen (secondary N) is 2. The Balaban J connectivity index is 1.54. The molecule has 0 aliphatic rings. The molecule has 2 N–H and O–H groups in total. The smallest absolute Gasteiger partial charge is 0.254 e. The number of anilines is 1. The lowest BCUT2D eigenvalue weighted by Crippen LogP contribution is -2.23. The number of rotatable bonds is 6. The van der Waals surface area contributed by atoms with Crippen LogP contribution in [0.2, 0.25) is 0 Å². The van der Waals surface area contributed by atoms with Gasteiger partial charge in [0, 0.05) is 31.0 Å². The molecule has 0 bridgehead atoms. The van der Waals surface area contributed by atoms with Crippen LogP contribution < -0.4 is 10.6 Å². The molecule has 5 nitrogen and oxygen atoms in total. The maximum Gasteiger partial charge on any atom is 0.254 e. The van der Waals surface area contributed by atoms with Gasteiger partial charge in [-0.15, -0.1) is 0 Å². The molecular formula is C19H16F2N4O. The number of halogens is 2. The number of nitrogens with zero attached hydrogens (tertiary/aromatic N) is 2. The van der Waals surface area contributed by atoms with E-state index in [4.69, 9.17) is 0 Å². The van der Waals surface area contributed by atoms with Crippen LogP contribution in [0.15, 0.2) is 60.9 Å². The molecule has 3 aromatic rings. The first-order chi connectivity index (χ1) is 12.6. The minimum Gasteiger partial charge on any atom is -0.350 e. The van der Waals surface area contributed by atoms with E-state index in [9.17, 15) is 13.6 Å². The van der Waals surface area contributed by atoms with Gasteiger partial charge >= 0.3 is 0 Å². The fraction of sp³-hybridized carbons (Fsp3) is 0.105. The Hall–Kier alpha value is -3.35. The molecule has 7 heteroatoms. The molecule has 0 atom stereocenters. The van der Waals surface area contributed by atoms with Crippen LogP contribution in [0.4, 0.5) is 14.7 Å². The summed E-state index contributed by atoms with van der Waals surface area (Å²) in [7, 11) is 0. The number of carbonyl (C=O) groups excluding carboxylic acids is 1. The maximum atomic E-state index is 13.6. The molecule has 132 valence electrons. The highest BCUT2D eigenvalue weighted by molar-refractivity contribution is 5.93. The molecule has 0 radical (unpaired) electrons. The number of carbonyl (C=O) groups is 1. The molecule has 0 spiro atoms. The molecule has 0 saturated carbocycles. The van der Waals surface area contributed by atoms with E-state index in [0.717, 1.165) is 5.56 Å². The van der Waals surface area contributed by atoms with Gasteiger partial charge in [0.1, 0.15) is 11.6 Å². The predicted molar refractivity (Wildman–Crippen MR) is 93.3 cm³/mol. The third-order valence-corrected chi connectivity index (χ3v) is 3.68. The molecule has 26 heavy (non-hydrogen) atoms. The first kappa shape index (κ1) is 17.5. The van der Waals surface area contributed by atoms with Crippen molar-refractivity contribution >= 4 is 11.9 Å². The summed E-state index contributed by atoms with van der Waals surface area (Å²) in [5, 5.41) is 5.61. The minimum atomic E-state index is -0.338. The van der Waals surface area contributed by atoms with Crippen molar-refractivity contribution < 1.29 is 13.6 Å². The van der Waals surface area contributed by atoms with Crippen molar-refractivity contribution in [1.82, 2.24) is 15.3 Å². The van der Waals surface area contributed by atoms with Crippen LogP contribution >= 0.6 is 0 Å². The normalized spacial score (nSPS) is 10.4. The Morgan fingerprint density at radius 2 is 1.62 bits per heavy atom. The van der Waals surface area contributed by atoms with Crippen molar-refractivity contribution in [3.63, 3.8) is 0 Å². The summed E-state index contributed by atoms with van der Waals surface area (Å²) in [6, 6.07) is 12.3. The third kappa shape index (κ3) is 4.60. The highest BCUT2D eigenvalue weighted by Crippen LogP contribution is 2.09. The monoisotopic (exact) mass is 354 g/mol. The van der Waals surface area contributed by atoms with Gasteiger partial charge in [-0.05, 0) is 23.8 Å². The second kappa shape index (κ2) is 8.15. The highest BCUT2D eigenvalue weighted by Gasteiger charge is 2.08. The quantitative estimate of drug-likeness (QED) is 0.713. The van der Waals surface area contributed by atoms with Crippen LogP contribution in [0.25, 0.3) is 0 Å². The predicted octanol–water partition coefficient (Wildman–Crippen LogP) is 3.30. The molecule has 1 heterocycles. The molecule has 2 aromatic carbocycles. The molecule has 1 aromatic heterocycles. The van der Waals surface area contributed by atoms with Crippen LogP contribution in [-0.4, -0.2) is 15.9 Å². The second-order valence-electron chi connectivity index (χ2n) is 5.55. The number of aromatic nitrogens is 2. The van der Waals surface area contributed by atoms with Gasteiger partial charge in [-0.2, -0.15) is 0 Å². The zero-order chi connectivity index (χ0) is 18.4. The summed E-state index contributed by atoms with van der Waals surface area (Å²) in [5.74, 6) is -0.679. The van der Waals surface area contributed by atoms with Gasteiger partial charge in [-0.3, -0.25) is 4.79 Å².